The number of quaternary nitrogens is 1. The first-order chi connectivity index (χ1) is 13.1. The molecule has 0 bridgehead atoms. The van der Waals surface area contributed by atoms with Gasteiger partial charge in [0.2, 0.25) is 0 Å². The van der Waals surface area contributed by atoms with Crippen LogP contribution in [0.4, 0.5) is 5.69 Å². The van der Waals surface area contributed by atoms with Crippen molar-refractivity contribution >= 4 is 21.4 Å². The largest absolute Gasteiger partial charge is 0.633 e. The SMILES string of the molecule is CC[N+]1([O-])CCCC1CNC(=O)c1cc(S(=O)(=O)CC)c([N+](=O)[O-])cc1OC. The number of likely N-dealkylation sites (N-methyl/N-ethyl adjacent to an activating group) is 1. The number of nitro benzene ring substituents is 1. The second kappa shape index (κ2) is 8.41. The van der Waals surface area contributed by atoms with E-state index in [1.54, 1.807) is 6.92 Å². The van der Waals surface area contributed by atoms with Crippen LogP contribution in [-0.4, -0.2) is 62.4 Å². The molecular formula is C17H25N3O7S. The first-order valence-electron chi connectivity index (χ1n) is 9.04. The number of nitrogens with zero attached hydrogens (tertiary/aromatic N) is 2. The number of benzene rings is 1. The molecule has 1 amide bonds. The number of hydrogen-bond acceptors (Lipinski definition) is 7. The van der Waals surface area contributed by atoms with Crippen molar-refractivity contribution in [1.29, 1.82) is 0 Å². The lowest BCUT2D eigenvalue weighted by atomic mass is 10.1. The standard InChI is InChI=1S/C17H25N3O7S/c1-4-20(24)8-6-7-12(20)11-18-17(21)13-9-16(28(25,26)5-2)14(19(22)23)10-15(13)27-3/h9-10,12H,4-8,11H2,1-3H3,(H,18,21). The van der Waals surface area contributed by atoms with Gasteiger partial charge in [-0.2, -0.15) is 0 Å². The Bertz CT molecular complexity index is 872. The van der Waals surface area contributed by atoms with E-state index in [4.69, 9.17) is 4.74 Å². The maximum atomic E-state index is 12.7. The number of ether oxygens (including phenoxy) is 1. The van der Waals surface area contributed by atoms with Crippen molar-refractivity contribution in [2.75, 3.05) is 32.5 Å². The molecule has 2 atom stereocenters. The third-order valence-electron chi connectivity index (χ3n) is 5.21. The summed E-state index contributed by atoms with van der Waals surface area (Å²) in [5.74, 6) is -1.10. The third kappa shape index (κ3) is 4.26. The van der Waals surface area contributed by atoms with Crippen LogP contribution in [0.1, 0.15) is 37.0 Å². The number of nitro groups is 1. The zero-order valence-corrected chi connectivity index (χ0v) is 17.0. The highest BCUT2D eigenvalue weighted by Gasteiger charge is 2.34. The van der Waals surface area contributed by atoms with E-state index in [2.05, 4.69) is 5.32 Å². The van der Waals surface area contributed by atoms with Crippen molar-refractivity contribution in [2.45, 2.75) is 37.6 Å². The van der Waals surface area contributed by atoms with Crippen LogP contribution >= 0.6 is 0 Å². The number of amides is 1. The van der Waals surface area contributed by atoms with Gasteiger partial charge >= 0.3 is 0 Å². The van der Waals surface area contributed by atoms with E-state index in [1.165, 1.54) is 14.0 Å². The van der Waals surface area contributed by atoms with Crippen molar-refractivity contribution in [3.63, 3.8) is 0 Å². The molecule has 156 valence electrons. The fraction of sp³-hybridized carbons (Fsp3) is 0.588. The predicted octanol–water partition coefficient (Wildman–Crippen LogP) is 1.62. The molecule has 1 aliphatic rings. The normalized spacial score (nSPS) is 22.1. The second-order valence-electron chi connectivity index (χ2n) is 6.68. The summed E-state index contributed by atoms with van der Waals surface area (Å²) < 4.78 is 29.2. The van der Waals surface area contributed by atoms with E-state index < -0.39 is 31.3 Å². The maximum absolute atomic E-state index is 12.7. The molecule has 1 fully saturated rings. The van der Waals surface area contributed by atoms with Crippen molar-refractivity contribution in [3.05, 3.63) is 33.0 Å². The monoisotopic (exact) mass is 415 g/mol. The maximum Gasteiger partial charge on any atom is 0.291 e. The number of carbonyl (C=O) groups is 1. The van der Waals surface area contributed by atoms with Gasteiger partial charge in [0.25, 0.3) is 11.6 Å². The molecule has 0 saturated carbocycles. The fourth-order valence-electron chi connectivity index (χ4n) is 3.45. The zero-order valence-electron chi connectivity index (χ0n) is 16.1. The highest BCUT2D eigenvalue weighted by atomic mass is 32.2. The summed E-state index contributed by atoms with van der Waals surface area (Å²) in [6.45, 7) is 4.19. The first-order valence-corrected chi connectivity index (χ1v) is 10.7. The van der Waals surface area contributed by atoms with Crippen LogP contribution in [0.2, 0.25) is 0 Å². The van der Waals surface area contributed by atoms with Gasteiger partial charge in [0.15, 0.2) is 9.84 Å². The fourth-order valence-corrected chi connectivity index (χ4v) is 4.51. The van der Waals surface area contributed by atoms with Crippen molar-refractivity contribution in [3.8, 4) is 5.75 Å². The lowest BCUT2D eigenvalue weighted by Gasteiger charge is -2.43. The van der Waals surface area contributed by atoms with Crippen LogP contribution in [0.25, 0.3) is 0 Å². The highest BCUT2D eigenvalue weighted by Crippen LogP contribution is 2.33. The number of likely N-dealkylation sites (tertiary alicyclic amines) is 1. The Labute approximate surface area is 163 Å². The summed E-state index contributed by atoms with van der Waals surface area (Å²) in [5.41, 5.74) is -0.772. The van der Waals surface area contributed by atoms with Crippen LogP contribution in [0, 0.1) is 15.3 Å². The topological polar surface area (TPSA) is 139 Å². The molecule has 1 N–H and O–H groups in total. The molecule has 0 aliphatic carbocycles. The molecule has 0 radical (unpaired) electrons. The number of sulfone groups is 1. The summed E-state index contributed by atoms with van der Waals surface area (Å²) in [5, 5.41) is 26.6. The molecule has 2 unspecified atom stereocenters. The van der Waals surface area contributed by atoms with E-state index in [0.29, 0.717) is 19.5 Å². The number of carbonyl (C=O) groups excluding carboxylic acids is 1. The highest BCUT2D eigenvalue weighted by molar-refractivity contribution is 7.91. The summed E-state index contributed by atoms with van der Waals surface area (Å²) in [6.07, 6.45) is 1.46. The average Bonchev–Trinajstić information content (AvgIpc) is 3.05. The van der Waals surface area contributed by atoms with Gasteiger partial charge < -0.3 is 19.9 Å². The summed E-state index contributed by atoms with van der Waals surface area (Å²) >= 11 is 0. The van der Waals surface area contributed by atoms with Crippen molar-refractivity contribution in [2.24, 2.45) is 0 Å². The second-order valence-corrected chi connectivity index (χ2v) is 8.93. The smallest absolute Gasteiger partial charge is 0.291 e. The summed E-state index contributed by atoms with van der Waals surface area (Å²) in [6, 6.07) is 1.63. The summed E-state index contributed by atoms with van der Waals surface area (Å²) in [7, 11) is -2.70. The number of hydroxylamine groups is 3. The molecule has 0 spiro atoms. The third-order valence-corrected chi connectivity index (χ3v) is 6.97. The average molecular weight is 415 g/mol. The molecule has 1 aromatic rings. The quantitative estimate of drug-likeness (QED) is 0.294. The van der Waals surface area contributed by atoms with Gasteiger partial charge in [-0.25, -0.2) is 8.42 Å². The summed E-state index contributed by atoms with van der Waals surface area (Å²) in [4.78, 5) is 22.6. The molecule has 10 nitrogen and oxygen atoms in total. The van der Waals surface area contributed by atoms with Gasteiger partial charge in [-0.1, -0.05) is 6.92 Å². The number of hydrogen-bond donors (Lipinski definition) is 1. The Kier molecular flexibility index (Phi) is 6.63. The van der Waals surface area contributed by atoms with Gasteiger partial charge in [-0.3, -0.25) is 14.9 Å². The minimum absolute atomic E-state index is 0.107. The van der Waals surface area contributed by atoms with E-state index in [1.807, 2.05) is 0 Å². The van der Waals surface area contributed by atoms with Gasteiger partial charge in [0.05, 0.1) is 49.1 Å². The van der Waals surface area contributed by atoms with E-state index >= 15 is 0 Å². The minimum atomic E-state index is -3.94. The van der Waals surface area contributed by atoms with Gasteiger partial charge in [-0.15, -0.1) is 0 Å². The van der Waals surface area contributed by atoms with Crippen LogP contribution < -0.4 is 10.1 Å². The number of nitrogens with one attached hydrogen (secondary N) is 1. The van der Waals surface area contributed by atoms with Crippen LogP contribution in [0.5, 0.6) is 5.75 Å². The lowest BCUT2D eigenvalue weighted by molar-refractivity contribution is -0.889. The number of rotatable bonds is 8. The number of methoxy groups -OCH3 is 1. The Morgan fingerprint density at radius 1 is 1.39 bits per heavy atom. The zero-order chi connectivity index (χ0) is 21.1. The molecule has 1 heterocycles. The first kappa shape index (κ1) is 22.1. The molecule has 11 heteroatoms. The van der Waals surface area contributed by atoms with Crippen molar-refractivity contribution < 1.29 is 27.5 Å². The van der Waals surface area contributed by atoms with E-state index in [9.17, 15) is 28.5 Å². The molecule has 0 aromatic heterocycles. The Morgan fingerprint density at radius 3 is 2.61 bits per heavy atom. The van der Waals surface area contributed by atoms with Crippen molar-refractivity contribution in [1.82, 2.24) is 5.32 Å². The molecule has 1 aromatic carbocycles. The molecule has 28 heavy (non-hydrogen) atoms. The molecule has 2 rings (SSSR count). The molecule has 1 saturated heterocycles. The van der Waals surface area contributed by atoms with Gasteiger partial charge in [0.1, 0.15) is 16.7 Å². The minimum Gasteiger partial charge on any atom is -0.633 e. The van der Waals surface area contributed by atoms with E-state index in [-0.39, 0.29) is 34.3 Å². The van der Waals surface area contributed by atoms with E-state index in [0.717, 1.165) is 18.6 Å². The van der Waals surface area contributed by atoms with Crippen LogP contribution in [-0.2, 0) is 9.84 Å². The van der Waals surface area contributed by atoms with Gasteiger partial charge in [-0.05, 0) is 13.0 Å². The molecule has 1 aliphatic heterocycles. The lowest BCUT2D eigenvalue weighted by Crippen LogP contribution is -2.51. The Hall–Kier alpha value is -2.24. The Balaban J connectivity index is 2.37. The molecular weight excluding hydrogens is 390 g/mol. The Morgan fingerprint density at radius 2 is 2.07 bits per heavy atom. The van der Waals surface area contributed by atoms with Crippen LogP contribution in [0.3, 0.4) is 0 Å². The van der Waals surface area contributed by atoms with Crippen LogP contribution in [0.15, 0.2) is 17.0 Å². The van der Waals surface area contributed by atoms with Gasteiger partial charge in [0, 0.05) is 12.8 Å². The predicted molar refractivity (Wildman–Crippen MR) is 102 cm³/mol.